The number of imidazole rings is 1. The van der Waals surface area contributed by atoms with Crippen molar-refractivity contribution in [3.63, 3.8) is 0 Å². The molecule has 0 atom stereocenters. The number of Topliss-reactive ketones (excluding diaryl/α,β-unsaturated/α-hetero) is 1. The monoisotopic (exact) mass is 549 g/mol. The fourth-order valence-electron chi connectivity index (χ4n) is 4.33. The van der Waals surface area contributed by atoms with Gasteiger partial charge in [0.05, 0.1) is 28.2 Å². The number of carbonyl (C=O) groups is 2. The quantitative estimate of drug-likeness (QED) is 0.198. The van der Waals surface area contributed by atoms with Gasteiger partial charge in [-0.1, -0.05) is 74.3 Å². The van der Waals surface area contributed by atoms with Gasteiger partial charge >= 0.3 is 5.97 Å². The highest BCUT2D eigenvalue weighted by molar-refractivity contribution is 6.31. The molecule has 1 heterocycles. The molecule has 5 rings (SSSR count). The molecule has 0 bridgehead atoms. The lowest BCUT2D eigenvalue weighted by atomic mass is 9.92. The predicted octanol–water partition coefficient (Wildman–Crippen LogP) is 8.35. The zero-order chi connectivity index (χ0) is 28.6. The topological polar surface area (TPSA) is 107 Å². The summed E-state index contributed by atoms with van der Waals surface area (Å²) in [5.41, 5.74) is 4.87. The summed E-state index contributed by atoms with van der Waals surface area (Å²) in [5.74, 6) is -0.771. The standard InChI is InChI=1S/C30H20ClN3O3.C3H8/c31-21-9-11-23(29-33-26-12-6-19(17-32)14-27(26)34-29)24(16-21)22-10-8-20(15-25(22)30(36)37)28(35)13-7-18-4-2-1-3-5-18;1-3-2/h1-6,8-12,14-16H,7,13H2,(H,33,34)(H,36,37);3H2,1-2H3. The van der Waals surface area contributed by atoms with Crippen molar-refractivity contribution in [2.45, 2.75) is 33.1 Å². The molecular weight excluding hydrogens is 522 g/mol. The van der Waals surface area contributed by atoms with Crippen LogP contribution in [0.2, 0.25) is 5.02 Å². The number of aromatic carboxylic acids is 1. The van der Waals surface area contributed by atoms with Crippen molar-refractivity contribution in [2.75, 3.05) is 0 Å². The number of carboxylic acid groups (broad SMARTS) is 1. The number of fused-ring (bicyclic) bond motifs is 1. The molecule has 0 saturated heterocycles. The highest BCUT2D eigenvalue weighted by Gasteiger charge is 2.20. The molecule has 0 unspecified atom stereocenters. The molecule has 200 valence electrons. The van der Waals surface area contributed by atoms with E-state index < -0.39 is 5.97 Å². The summed E-state index contributed by atoms with van der Waals surface area (Å²) in [7, 11) is 0. The minimum Gasteiger partial charge on any atom is -0.478 e. The summed E-state index contributed by atoms with van der Waals surface area (Å²) in [4.78, 5) is 33.0. The Morgan fingerprint density at radius 1 is 0.925 bits per heavy atom. The van der Waals surface area contributed by atoms with Gasteiger partial charge in [0.25, 0.3) is 0 Å². The molecule has 0 fully saturated rings. The van der Waals surface area contributed by atoms with Crippen LogP contribution in [0.15, 0.2) is 84.9 Å². The summed E-state index contributed by atoms with van der Waals surface area (Å²) < 4.78 is 0. The molecule has 2 N–H and O–H groups in total. The van der Waals surface area contributed by atoms with Crippen LogP contribution in [0.4, 0.5) is 0 Å². The summed E-state index contributed by atoms with van der Waals surface area (Å²) in [6.07, 6.45) is 2.09. The molecule has 40 heavy (non-hydrogen) atoms. The van der Waals surface area contributed by atoms with Crippen LogP contribution in [0.3, 0.4) is 0 Å². The van der Waals surface area contributed by atoms with Gasteiger partial charge in [-0.15, -0.1) is 0 Å². The Morgan fingerprint density at radius 2 is 1.65 bits per heavy atom. The Labute approximate surface area is 237 Å². The normalized spacial score (nSPS) is 10.4. The maximum absolute atomic E-state index is 12.9. The number of nitrogens with zero attached hydrogens (tertiary/aromatic N) is 2. The molecule has 6 nitrogen and oxygen atoms in total. The molecule has 0 spiro atoms. The van der Waals surface area contributed by atoms with E-state index in [9.17, 15) is 20.0 Å². The third-order valence-electron chi connectivity index (χ3n) is 6.19. The molecule has 0 aliphatic heterocycles. The van der Waals surface area contributed by atoms with Gasteiger partial charge < -0.3 is 10.1 Å². The van der Waals surface area contributed by atoms with Crippen molar-refractivity contribution >= 4 is 34.4 Å². The van der Waals surface area contributed by atoms with Crippen LogP contribution in [-0.4, -0.2) is 26.8 Å². The second kappa shape index (κ2) is 12.9. The van der Waals surface area contributed by atoms with E-state index in [1.54, 1.807) is 48.5 Å². The molecule has 7 heteroatoms. The van der Waals surface area contributed by atoms with Gasteiger partial charge in [-0.3, -0.25) is 4.79 Å². The number of benzene rings is 4. The van der Waals surface area contributed by atoms with Crippen molar-refractivity contribution in [3.8, 4) is 28.6 Å². The van der Waals surface area contributed by atoms with E-state index >= 15 is 0 Å². The lowest BCUT2D eigenvalue weighted by Crippen LogP contribution is -2.06. The van der Waals surface area contributed by atoms with Gasteiger partial charge in [-0.05, 0) is 65.6 Å². The largest absolute Gasteiger partial charge is 0.478 e. The summed E-state index contributed by atoms with van der Waals surface area (Å²) in [6, 6.07) is 26.8. The van der Waals surface area contributed by atoms with Crippen LogP contribution in [0.5, 0.6) is 0 Å². The first-order chi connectivity index (χ1) is 19.3. The van der Waals surface area contributed by atoms with Crippen molar-refractivity contribution in [1.29, 1.82) is 5.26 Å². The van der Waals surface area contributed by atoms with Gasteiger partial charge in [0, 0.05) is 22.6 Å². The summed E-state index contributed by atoms with van der Waals surface area (Å²) in [6.45, 7) is 4.25. The first kappa shape index (κ1) is 28.3. The van der Waals surface area contributed by atoms with Gasteiger partial charge in [0.1, 0.15) is 5.82 Å². The molecule has 5 aromatic rings. The number of aromatic nitrogens is 2. The number of nitriles is 1. The van der Waals surface area contributed by atoms with Crippen LogP contribution >= 0.6 is 11.6 Å². The number of ketones is 1. The van der Waals surface area contributed by atoms with Gasteiger partial charge in [-0.25, -0.2) is 9.78 Å². The smallest absolute Gasteiger partial charge is 0.336 e. The van der Waals surface area contributed by atoms with E-state index in [1.165, 1.54) is 12.5 Å². The molecule has 0 amide bonds. The molecule has 0 saturated carbocycles. The molecule has 0 aliphatic carbocycles. The van der Waals surface area contributed by atoms with Crippen LogP contribution < -0.4 is 0 Å². The van der Waals surface area contributed by atoms with Crippen LogP contribution in [0.1, 0.15) is 58.5 Å². The zero-order valence-corrected chi connectivity index (χ0v) is 23.0. The van der Waals surface area contributed by atoms with Gasteiger partial charge in [0.15, 0.2) is 5.78 Å². The minimum absolute atomic E-state index is 0.00282. The average molecular weight is 550 g/mol. The second-order valence-corrected chi connectivity index (χ2v) is 9.74. The highest BCUT2D eigenvalue weighted by atomic mass is 35.5. The Balaban J connectivity index is 0.00000118. The average Bonchev–Trinajstić information content (AvgIpc) is 3.39. The van der Waals surface area contributed by atoms with Crippen LogP contribution in [0.25, 0.3) is 33.5 Å². The maximum atomic E-state index is 12.9. The first-order valence-corrected chi connectivity index (χ1v) is 13.4. The van der Waals surface area contributed by atoms with E-state index in [1.807, 2.05) is 30.3 Å². The number of nitrogens with one attached hydrogen (secondary N) is 1. The number of carbonyl (C=O) groups excluding carboxylic acids is 1. The number of aromatic amines is 1. The first-order valence-electron chi connectivity index (χ1n) is 13.0. The number of halogens is 1. The third-order valence-corrected chi connectivity index (χ3v) is 6.43. The Kier molecular flexibility index (Phi) is 9.11. The van der Waals surface area contributed by atoms with E-state index in [4.69, 9.17) is 11.6 Å². The van der Waals surface area contributed by atoms with Gasteiger partial charge in [-0.2, -0.15) is 5.26 Å². The molecule has 0 aliphatic rings. The molecular formula is C33H28ClN3O3. The van der Waals surface area contributed by atoms with Crippen molar-refractivity contribution < 1.29 is 14.7 Å². The Bertz CT molecular complexity index is 1720. The second-order valence-electron chi connectivity index (χ2n) is 9.30. The number of H-pyrrole nitrogens is 1. The van der Waals surface area contributed by atoms with Crippen molar-refractivity contribution in [2.24, 2.45) is 0 Å². The summed E-state index contributed by atoms with van der Waals surface area (Å²) >= 11 is 6.32. The maximum Gasteiger partial charge on any atom is 0.336 e. The minimum atomic E-state index is -1.15. The lowest BCUT2D eigenvalue weighted by Gasteiger charge is -2.13. The van der Waals surface area contributed by atoms with Crippen molar-refractivity contribution in [1.82, 2.24) is 9.97 Å². The SMILES string of the molecule is CCC.N#Cc1ccc2nc(-c3ccc(Cl)cc3-c3ccc(C(=O)CCc4ccccc4)cc3C(=O)O)[nH]c2c1. The molecule has 0 radical (unpaired) electrons. The zero-order valence-electron chi connectivity index (χ0n) is 22.2. The molecule has 1 aromatic heterocycles. The fraction of sp³-hybridized carbons (Fsp3) is 0.152. The Hall–Kier alpha value is -4.73. The number of hydrogen-bond acceptors (Lipinski definition) is 4. The van der Waals surface area contributed by atoms with Gasteiger partial charge in [0.2, 0.25) is 0 Å². The van der Waals surface area contributed by atoms with Crippen LogP contribution in [-0.2, 0) is 6.42 Å². The number of rotatable bonds is 7. The lowest BCUT2D eigenvalue weighted by molar-refractivity contribution is 0.0697. The van der Waals surface area contributed by atoms with E-state index in [2.05, 4.69) is 29.9 Å². The highest BCUT2D eigenvalue weighted by Crippen LogP contribution is 2.36. The van der Waals surface area contributed by atoms with E-state index in [-0.39, 0.29) is 17.8 Å². The number of carboxylic acids is 1. The van der Waals surface area contributed by atoms with E-state index in [0.717, 1.165) is 5.56 Å². The summed E-state index contributed by atoms with van der Waals surface area (Å²) in [5, 5.41) is 19.7. The predicted molar refractivity (Wildman–Crippen MR) is 159 cm³/mol. The number of hydrogen-bond donors (Lipinski definition) is 2. The van der Waals surface area contributed by atoms with Crippen molar-refractivity contribution in [3.05, 3.63) is 112 Å². The van der Waals surface area contributed by atoms with E-state index in [0.29, 0.717) is 56.1 Å². The van der Waals surface area contributed by atoms with Crippen LogP contribution in [0, 0.1) is 11.3 Å². The fourth-order valence-corrected chi connectivity index (χ4v) is 4.50. The molecule has 4 aromatic carbocycles. The Morgan fingerprint density at radius 3 is 2.35 bits per heavy atom. The number of aryl methyl sites for hydroxylation is 1. The third kappa shape index (κ3) is 6.45.